The summed E-state index contributed by atoms with van der Waals surface area (Å²) in [5, 5.41) is 2.60. The average Bonchev–Trinajstić information content (AvgIpc) is 1.59. The summed E-state index contributed by atoms with van der Waals surface area (Å²) >= 11 is 0. The Kier molecular flexibility index (Phi) is 20.6. The van der Waals surface area contributed by atoms with Crippen LogP contribution in [0.4, 0.5) is 4.79 Å². The number of hydrogen-bond acceptors (Lipinski definition) is 26. The van der Waals surface area contributed by atoms with Crippen molar-refractivity contribution in [2.24, 2.45) is 70.5 Å². The molecule has 1 N–H and O–H groups in total. The van der Waals surface area contributed by atoms with Crippen molar-refractivity contribution >= 4 is 41.9 Å². The van der Waals surface area contributed by atoms with Crippen LogP contribution in [0, 0.1) is 70.5 Å². The topological polar surface area (TPSA) is 307 Å². The van der Waals surface area contributed by atoms with E-state index in [1.807, 2.05) is 27.7 Å². The molecule has 13 fully saturated rings. The fourth-order valence-electron chi connectivity index (χ4n) is 17.8. The lowest BCUT2D eigenvalue weighted by Gasteiger charge is -2.65. The maximum absolute atomic E-state index is 13.8. The molecule has 536 valence electrons. The van der Waals surface area contributed by atoms with Crippen molar-refractivity contribution in [1.29, 1.82) is 0 Å². The molecule has 3 aliphatic carbocycles. The molecule has 10 aliphatic heterocycles. The molecular formula is C68H103NO26. The normalized spacial score (nSPS) is 43.8. The number of carbonyl (C=O) groups excluding carboxylic acids is 7. The van der Waals surface area contributed by atoms with Crippen LogP contribution in [0.15, 0.2) is 0 Å². The summed E-state index contributed by atoms with van der Waals surface area (Å²) in [6.45, 7) is 22.3. The number of rotatable bonds is 20. The van der Waals surface area contributed by atoms with Gasteiger partial charge in [0.05, 0.1) is 45.1 Å². The van der Waals surface area contributed by atoms with Gasteiger partial charge in [0, 0.05) is 61.4 Å². The molecule has 3 saturated carbocycles. The SMILES string of the molecule is CO[C@@]1(C)CC[C@H]2[C@H](C)CC[C@H]3[C@@H](C)[C@H](OC(=O)CCC(=O)OCC(COC(=O)CCC(=O)O[C@@H]4O[C@@H]5O[C@@]6(C)CC[C@H]7[C@H](C)CC[C@@H]([C@H]4C)[C@@]57OO6)(COC(=O)CCC(=O)O[C@@H]4O[C@@H]5O[C@@]6(C)CC[C@H]7[C@H](C)CC[C@@](C)([C@H]4C)[C@@]57OO6)NC(=O)OC(C)(C)C)OC[C@]32OO1. The molecule has 0 aromatic heterocycles. The zero-order valence-corrected chi connectivity index (χ0v) is 57.9. The first-order chi connectivity index (χ1) is 44.7. The van der Waals surface area contributed by atoms with E-state index in [0.29, 0.717) is 31.1 Å². The van der Waals surface area contributed by atoms with Gasteiger partial charge in [0.25, 0.3) is 0 Å². The van der Waals surface area contributed by atoms with E-state index in [2.05, 4.69) is 33.0 Å². The Morgan fingerprint density at radius 3 is 1.58 bits per heavy atom. The van der Waals surface area contributed by atoms with Crippen molar-refractivity contribution in [2.45, 2.75) is 282 Å². The molecule has 13 rings (SSSR count). The second kappa shape index (κ2) is 27.3. The van der Waals surface area contributed by atoms with Gasteiger partial charge in [0.1, 0.15) is 36.6 Å². The molecule has 1 amide bonds. The lowest BCUT2D eigenvalue weighted by atomic mass is 9.50. The third kappa shape index (κ3) is 14.0. The van der Waals surface area contributed by atoms with Gasteiger partial charge in [-0.15, -0.1) is 0 Å². The van der Waals surface area contributed by atoms with E-state index in [1.54, 1.807) is 41.7 Å². The second-order valence-corrected chi connectivity index (χ2v) is 31.4. The van der Waals surface area contributed by atoms with E-state index in [4.69, 9.17) is 90.9 Å². The summed E-state index contributed by atoms with van der Waals surface area (Å²) < 4.78 is 78.4. The Bertz CT molecular complexity index is 2860. The van der Waals surface area contributed by atoms with Crippen molar-refractivity contribution in [3.05, 3.63) is 0 Å². The van der Waals surface area contributed by atoms with Crippen molar-refractivity contribution in [1.82, 2.24) is 5.32 Å². The minimum atomic E-state index is -2.09. The number of ether oxygens (including phenoxy) is 13. The molecule has 1 unspecified atom stereocenters. The second-order valence-electron chi connectivity index (χ2n) is 31.4. The molecule has 27 nitrogen and oxygen atoms in total. The van der Waals surface area contributed by atoms with Crippen LogP contribution in [0.25, 0.3) is 0 Å². The van der Waals surface area contributed by atoms with Gasteiger partial charge >= 0.3 is 41.9 Å². The zero-order chi connectivity index (χ0) is 68.5. The first-order valence-corrected chi connectivity index (χ1v) is 34.7. The molecule has 0 aromatic rings. The quantitative estimate of drug-likeness (QED) is 0.0674. The first-order valence-electron chi connectivity index (χ1n) is 34.7. The first kappa shape index (κ1) is 71.9. The number of hydrogen-bond donors (Lipinski definition) is 1. The minimum Gasteiger partial charge on any atom is -0.463 e. The molecule has 10 heterocycles. The highest BCUT2D eigenvalue weighted by atomic mass is 17.3. The Morgan fingerprint density at radius 2 is 0.979 bits per heavy atom. The molecule has 10 saturated heterocycles. The van der Waals surface area contributed by atoms with Crippen molar-refractivity contribution in [3.8, 4) is 0 Å². The Hall–Kier alpha value is -4.39. The molecule has 4 bridgehead atoms. The van der Waals surface area contributed by atoms with E-state index in [0.717, 1.165) is 57.8 Å². The van der Waals surface area contributed by atoms with Gasteiger partial charge in [-0.2, -0.15) is 0 Å². The number of nitrogens with one attached hydrogen (secondary N) is 1. The molecule has 0 radical (unpaired) electrons. The van der Waals surface area contributed by atoms with Crippen LogP contribution >= 0.6 is 0 Å². The Morgan fingerprint density at radius 1 is 0.484 bits per heavy atom. The fraction of sp³-hybridized carbons (Fsp3) is 0.897. The molecule has 24 atom stereocenters. The third-order valence-corrected chi connectivity index (χ3v) is 23.8. The van der Waals surface area contributed by atoms with Crippen LogP contribution < -0.4 is 5.32 Å². The predicted octanol–water partition coefficient (Wildman–Crippen LogP) is 9.15. The van der Waals surface area contributed by atoms with Gasteiger partial charge < -0.3 is 66.9 Å². The Balaban J connectivity index is 0.739. The summed E-state index contributed by atoms with van der Waals surface area (Å²) in [6.07, 6.45) is 0.231. The summed E-state index contributed by atoms with van der Waals surface area (Å²) in [7, 11) is 1.58. The van der Waals surface area contributed by atoms with Gasteiger partial charge in [0.2, 0.25) is 30.4 Å². The zero-order valence-electron chi connectivity index (χ0n) is 57.9. The van der Waals surface area contributed by atoms with Crippen molar-refractivity contribution in [3.63, 3.8) is 0 Å². The molecule has 3 spiro atoms. The van der Waals surface area contributed by atoms with Crippen LogP contribution in [0.5, 0.6) is 0 Å². The van der Waals surface area contributed by atoms with E-state index in [-0.39, 0.29) is 54.0 Å². The highest BCUT2D eigenvalue weighted by molar-refractivity contribution is 5.79. The number of methoxy groups -OCH3 is 1. The van der Waals surface area contributed by atoms with Gasteiger partial charge in [0.15, 0.2) is 29.6 Å². The van der Waals surface area contributed by atoms with Crippen molar-refractivity contribution < 1.29 is 124 Å². The summed E-state index contributed by atoms with van der Waals surface area (Å²) in [5.41, 5.74) is -6.45. The van der Waals surface area contributed by atoms with Crippen LogP contribution in [-0.4, -0.2) is 152 Å². The lowest BCUT2D eigenvalue weighted by molar-refractivity contribution is -0.586. The number of esters is 6. The van der Waals surface area contributed by atoms with E-state index in [9.17, 15) is 33.6 Å². The maximum Gasteiger partial charge on any atom is 0.408 e. The standard InChI is InChI=1S/C68H103NO26/c1-37-15-17-46-40(4)54(81-36-66(46)43(37)26-30-62(11,77-14)90-93-66)82-51(73)22-19-48(70)78-33-65(69-59(76)89-60(7,8)9,34-79-49(71)20-23-52(74)83-55-41(5)47-18-16-38(2)44-27-31-63(12)87-57(85-55)67(44,47)94-91-63)35-80-50(72)21-24-53(75)84-56-42(6)61(10)29-25-39(3)45-28-32-64(13)88-58(86-56)68(45,61)95-92-64/h37-47,54-58H,15-36H2,1-14H3,(H,69,76)/t37-,38-,39-,40-,41-,42+,43+,44+,45+,46+,47+,54+,55-,56-,57-,58-,61+,62-,63-,64-,65?,66-,67-,68+/m1/s1. The fourth-order valence-corrected chi connectivity index (χ4v) is 17.8. The van der Waals surface area contributed by atoms with E-state index >= 15 is 0 Å². The smallest absolute Gasteiger partial charge is 0.408 e. The van der Waals surface area contributed by atoms with Crippen LogP contribution in [0.3, 0.4) is 0 Å². The number of carbonyl (C=O) groups is 7. The van der Waals surface area contributed by atoms with E-state index in [1.165, 1.54) is 0 Å². The molecular weight excluding hydrogens is 1250 g/mol. The molecule has 95 heavy (non-hydrogen) atoms. The van der Waals surface area contributed by atoms with Gasteiger partial charge in [-0.05, 0) is 135 Å². The number of alkyl carbamates (subject to hydrolysis) is 1. The predicted molar refractivity (Wildman–Crippen MR) is 323 cm³/mol. The van der Waals surface area contributed by atoms with E-state index < -0.39 is 188 Å². The molecule has 0 aromatic carbocycles. The molecule has 27 heteroatoms. The number of amides is 1. The maximum atomic E-state index is 13.8. The lowest BCUT2D eigenvalue weighted by Crippen LogP contribution is -2.74. The van der Waals surface area contributed by atoms with Gasteiger partial charge in [-0.3, -0.25) is 28.8 Å². The van der Waals surface area contributed by atoms with Gasteiger partial charge in [-0.25, -0.2) is 34.1 Å². The van der Waals surface area contributed by atoms with Gasteiger partial charge in [-0.1, -0.05) is 48.5 Å². The summed E-state index contributed by atoms with van der Waals surface area (Å²) in [6, 6.07) is 0. The molecule has 13 aliphatic rings. The Labute approximate surface area is 556 Å². The highest BCUT2D eigenvalue weighted by Gasteiger charge is 2.75. The number of fused-ring (bicyclic) bond motifs is 4. The van der Waals surface area contributed by atoms with Crippen LogP contribution in [0.2, 0.25) is 0 Å². The minimum absolute atomic E-state index is 0.0470. The highest BCUT2D eigenvalue weighted by Crippen LogP contribution is 2.67. The van der Waals surface area contributed by atoms with Crippen LogP contribution in [0.1, 0.15) is 206 Å². The van der Waals surface area contributed by atoms with Crippen LogP contribution in [-0.2, 0) is 120 Å². The average molecular weight is 1350 g/mol. The largest absolute Gasteiger partial charge is 0.463 e. The monoisotopic (exact) mass is 1350 g/mol. The summed E-state index contributed by atoms with van der Waals surface area (Å²) in [4.78, 5) is 133. The summed E-state index contributed by atoms with van der Waals surface area (Å²) in [5.74, 6) is -8.43. The van der Waals surface area contributed by atoms with Crippen molar-refractivity contribution in [2.75, 3.05) is 33.5 Å². The third-order valence-electron chi connectivity index (χ3n) is 23.8.